The molecule has 1 aliphatic rings. The van der Waals surface area contributed by atoms with Crippen LogP contribution in [-0.4, -0.2) is 41.9 Å². The molecule has 1 aromatic carbocycles. The van der Waals surface area contributed by atoms with Crippen LogP contribution in [0.2, 0.25) is 0 Å². The van der Waals surface area contributed by atoms with Gasteiger partial charge in [0, 0.05) is 0 Å². The first kappa shape index (κ1) is 14.9. The van der Waals surface area contributed by atoms with Gasteiger partial charge >= 0.3 is 122 Å². The molecule has 1 heterocycles. The first-order valence-corrected chi connectivity index (χ1v) is 8.86. The van der Waals surface area contributed by atoms with Crippen LogP contribution in [-0.2, 0) is 3.83 Å². The molecule has 1 N–H and O–H groups in total. The third kappa shape index (κ3) is 2.41. The van der Waals surface area contributed by atoms with Crippen molar-refractivity contribution in [1.82, 2.24) is 9.23 Å². The van der Waals surface area contributed by atoms with E-state index in [-0.39, 0.29) is 23.9 Å². The molecule has 108 valence electrons. The van der Waals surface area contributed by atoms with Gasteiger partial charge < -0.3 is 0 Å². The fourth-order valence-corrected chi connectivity index (χ4v) is 5.32. The molecule has 0 spiro atoms. The molecule has 1 aliphatic heterocycles. The fourth-order valence-electron chi connectivity index (χ4n) is 2.13. The van der Waals surface area contributed by atoms with Crippen LogP contribution in [0.1, 0.15) is 48.4 Å². The zero-order valence-corrected chi connectivity index (χ0v) is 13.7. The van der Waals surface area contributed by atoms with Crippen molar-refractivity contribution in [3.63, 3.8) is 0 Å². The van der Waals surface area contributed by atoms with E-state index in [4.69, 9.17) is 0 Å². The van der Waals surface area contributed by atoms with E-state index in [2.05, 4.69) is 5.32 Å². The Hall–Kier alpha value is -1.52. The van der Waals surface area contributed by atoms with Crippen molar-refractivity contribution in [1.29, 1.82) is 0 Å². The number of hydrogen-bond donors (Lipinski definition) is 1. The number of carbonyl (C=O) groups is 2. The van der Waals surface area contributed by atoms with Crippen LogP contribution in [0, 0.1) is 0 Å². The van der Waals surface area contributed by atoms with Gasteiger partial charge in [-0.2, -0.15) is 0 Å². The van der Waals surface area contributed by atoms with Gasteiger partial charge in [0.2, 0.25) is 0 Å². The van der Waals surface area contributed by atoms with Gasteiger partial charge in [0.15, 0.2) is 0 Å². The van der Waals surface area contributed by atoms with Gasteiger partial charge in [0.05, 0.1) is 0 Å². The second-order valence-corrected chi connectivity index (χ2v) is 8.01. The first-order chi connectivity index (χ1) is 9.34. The van der Waals surface area contributed by atoms with Crippen molar-refractivity contribution in [2.75, 3.05) is 0 Å². The molecule has 0 saturated carbocycles. The second-order valence-electron chi connectivity index (χ2n) is 5.28. The van der Waals surface area contributed by atoms with E-state index >= 15 is 0 Å². The van der Waals surface area contributed by atoms with Crippen LogP contribution in [0.3, 0.4) is 0 Å². The van der Waals surface area contributed by atoms with Gasteiger partial charge in [-0.1, -0.05) is 0 Å². The Labute approximate surface area is 122 Å². The average Bonchev–Trinajstić information content (AvgIpc) is 2.61. The Bertz CT molecular complexity index is 596. The van der Waals surface area contributed by atoms with E-state index in [1.165, 1.54) is 3.92 Å². The number of benzene rings is 1. The normalized spacial score (nSPS) is 17.8. The molecule has 1 atom stereocenters. The number of carbonyl (C=O) groups excluding carboxylic acids is 2. The summed E-state index contributed by atoms with van der Waals surface area (Å²) in [5.74, 6) is -0.519. The number of hydrogen-bond acceptors (Lipinski definition) is 3. The Morgan fingerprint density at radius 1 is 1.25 bits per heavy atom. The third-order valence-electron chi connectivity index (χ3n) is 2.93. The molecular weight excluding hydrogens is 323 g/mol. The van der Waals surface area contributed by atoms with Gasteiger partial charge in [-0.25, -0.2) is 0 Å². The maximum atomic E-state index is 12.6. The van der Waals surface area contributed by atoms with Crippen molar-refractivity contribution in [3.05, 3.63) is 29.3 Å². The molecule has 2 amide bonds. The summed E-state index contributed by atoms with van der Waals surface area (Å²) in [6.45, 7) is 7.37. The van der Waals surface area contributed by atoms with Crippen molar-refractivity contribution in [2.24, 2.45) is 0 Å². The van der Waals surface area contributed by atoms with Crippen molar-refractivity contribution >= 4 is 30.3 Å². The standard InChI is InChI=1S/C14H18N2O3Se/c1-8(2)15-13(17)10-6-5-7-11-12(10)20(19)16(9(3)4)14(11)18/h5-9H,1-4H3,(H,15,17). The molecule has 0 aromatic heterocycles. The van der Waals surface area contributed by atoms with Crippen LogP contribution in [0.15, 0.2) is 18.2 Å². The topological polar surface area (TPSA) is 66.5 Å². The molecule has 2 rings (SSSR count). The van der Waals surface area contributed by atoms with Crippen molar-refractivity contribution in [2.45, 2.75) is 39.8 Å². The van der Waals surface area contributed by atoms with E-state index < -0.39 is 14.1 Å². The quantitative estimate of drug-likeness (QED) is 0.828. The molecular formula is C14H18N2O3Se. The van der Waals surface area contributed by atoms with Crippen LogP contribution in [0.4, 0.5) is 0 Å². The number of nitrogens with one attached hydrogen (secondary N) is 1. The third-order valence-corrected chi connectivity index (χ3v) is 6.57. The molecule has 0 radical (unpaired) electrons. The van der Waals surface area contributed by atoms with Crippen LogP contribution in [0.5, 0.6) is 0 Å². The average molecular weight is 341 g/mol. The molecule has 0 bridgehead atoms. The van der Waals surface area contributed by atoms with Crippen LogP contribution in [0.25, 0.3) is 0 Å². The predicted molar refractivity (Wildman–Crippen MR) is 76.4 cm³/mol. The fraction of sp³-hybridized carbons (Fsp3) is 0.429. The number of fused-ring (bicyclic) bond motifs is 1. The minimum absolute atomic E-state index is 0.0123. The summed E-state index contributed by atoms with van der Waals surface area (Å²) in [5.41, 5.74) is 0.753. The van der Waals surface area contributed by atoms with E-state index in [0.29, 0.717) is 15.6 Å². The summed E-state index contributed by atoms with van der Waals surface area (Å²) in [5, 5.41) is 2.78. The summed E-state index contributed by atoms with van der Waals surface area (Å²) < 4.78 is 14.4. The summed E-state index contributed by atoms with van der Waals surface area (Å²) >= 11 is -2.69. The Kier molecular flexibility index (Phi) is 4.06. The molecule has 5 nitrogen and oxygen atoms in total. The Morgan fingerprint density at radius 3 is 2.45 bits per heavy atom. The van der Waals surface area contributed by atoms with Crippen LogP contribution < -0.4 is 9.78 Å². The molecule has 1 unspecified atom stereocenters. The van der Waals surface area contributed by atoms with Gasteiger partial charge in [0.25, 0.3) is 0 Å². The van der Waals surface area contributed by atoms with Gasteiger partial charge in [-0.15, -0.1) is 0 Å². The van der Waals surface area contributed by atoms with Crippen molar-refractivity contribution in [3.8, 4) is 0 Å². The molecule has 0 fully saturated rings. The zero-order chi connectivity index (χ0) is 15.0. The van der Waals surface area contributed by atoms with Gasteiger partial charge in [-0.05, 0) is 0 Å². The minimum atomic E-state index is -2.69. The summed E-state index contributed by atoms with van der Waals surface area (Å²) in [7, 11) is 0. The van der Waals surface area contributed by atoms with Gasteiger partial charge in [-0.3, -0.25) is 0 Å². The number of nitrogens with zero attached hydrogens (tertiary/aromatic N) is 1. The molecule has 6 heteroatoms. The van der Waals surface area contributed by atoms with E-state index in [9.17, 15) is 13.4 Å². The Morgan fingerprint density at radius 2 is 1.90 bits per heavy atom. The van der Waals surface area contributed by atoms with E-state index in [1.807, 2.05) is 27.7 Å². The predicted octanol–water partition coefficient (Wildman–Crippen LogP) is 0.815. The molecule has 20 heavy (non-hydrogen) atoms. The zero-order valence-electron chi connectivity index (χ0n) is 12.0. The van der Waals surface area contributed by atoms with E-state index in [1.54, 1.807) is 18.2 Å². The van der Waals surface area contributed by atoms with Crippen LogP contribution >= 0.6 is 0 Å². The SMILES string of the molecule is CC(C)NC(=O)c1cccc2c1[Se](=O)N(C(C)C)C2=O. The monoisotopic (exact) mass is 342 g/mol. The number of amides is 2. The second kappa shape index (κ2) is 5.46. The summed E-state index contributed by atoms with van der Waals surface area (Å²) in [4.78, 5) is 24.5. The maximum absolute atomic E-state index is 12.6. The molecule has 0 saturated heterocycles. The first-order valence-electron chi connectivity index (χ1n) is 6.54. The van der Waals surface area contributed by atoms with Gasteiger partial charge in [0.1, 0.15) is 0 Å². The van der Waals surface area contributed by atoms with E-state index in [0.717, 1.165) is 0 Å². The number of rotatable bonds is 3. The Balaban J connectivity index is 2.50. The summed E-state index contributed by atoms with van der Waals surface area (Å²) in [6, 6.07) is 4.78. The molecule has 0 aliphatic carbocycles. The summed E-state index contributed by atoms with van der Waals surface area (Å²) in [6.07, 6.45) is 0. The van der Waals surface area contributed by atoms with Crippen molar-refractivity contribution < 1.29 is 13.4 Å². The molecule has 1 aromatic rings.